The predicted octanol–water partition coefficient (Wildman–Crippen LogP) is 0.512. The van der Waals surface area contributed by atoms with Crippen molar-refractivity contribution >= 4 is 6.47 Å². The smallest absolute Gasteiger partial charge is 0.417 e. The molecule has 0 saturated heterocycles. The summed E-state index contributed by atoms with van der Waals surface area (Å²) in [5.41, 5.74) is 0. The van der Waals surface area contributed by atoms with E-state index < -0.39 is 0 Å². The van der Waals surface area contributed by atoms with Crippen LogP contribution in [0.15, 0.2) is 0 Å². The molecule has 0 aliphatic carbocycles. The van der Waals surface area contributed by atoms with Crippen LogP contribution in [0.25, 0.3) is 0 Å². The normalized spacial score (nSPS) is 12.5. The van der Waals surface area contributed by atoms with Crippen molar-refractivity contribution in [1.29, 1.82) is 0 Å². The zero-order chi connectivity index (χ0) is 9.23. The molecule has 0 aliphatic rings. The maximum atomic E-state index is 9.72. The molecular formula is C8H15O4. The fraction of sp³-hybridized carbons (Fsp3) is 0.875. The highest BCUT2D eigenvalue weighted by Gasteiger charge is 2.00. The Hall–Kier alpha value is -0.610. The van der Waals surface area contributed by atoms with E-state index in [0.29, 0.717) is 26.4 Å². The molecule has 0 amide bonds. The van der Waals surface area contributed by atoms with Gasteiger partial charge in [0, 0.05) is 6.61 Å². The summed E-state index contributed by atoms with van der Waals surface area (Å²) in [5.74, 6) is 0. The molecule has 0 N–H and O–H groups in total. The van der Waals surface area contributed by atoms with Gasteiger partial charge in [0.05, 0.1) is 19.8 Å². The van der Waals surface area contributed by atoms with E-state index in [0.717, 1.165) is 0 Å². The highest BCUT2D eigenvalue weighted by atomic mass is 16.6. The van der Waals surface area contributed by atoms with E-state index in [1.165, 1.54) is 6.47 Å². The number of rotatable bonds is 8. The largest absolute Gasteiger partial charge is 0.452 e. The molecule has 0 spiro atoms. The predicted molar refractivity (Wildman–Crippen MR) is 43.6 cm³/mol. The van der Waals surface area contributed by atoms with Gasteiger partial charge in [-0.1, -0.05) is 0 Å². The van der Waals surface area contributed by atoms with Gasteiger partial charge in [-0.15, -0.1) is 0 Å². The van der Waals surface area contributed by atoms with E-state index in [-0.39, 0.29) is 6.10 Å². The molecule has 0 fully saturated rings. The molecule has 0 aromatic heterocycles. The number of ether oxygens (including phenoxy) is 3. The van der Waals surface area contributed by atoms with E-state index in [1.54, 1.807) is 6.92 Å². The van der Waals surface area contributed by atoms with Gasteiger partial charge in [-0.05, 0) is 13.8 Å². The fourth-order valence-corrected chi connectivity index (χ4v) is 0.628. The van der Waals surface area contributed by atoms with Crippen molar-refractivity contribution < 1.29 is 19.0 Å². The van der Waals surface area contributed by atoms with Crippen molar-refractivity contribution in [3.05, 3.63) is 0 Å². The van der Waals surface area contributed by atoms with Crippen molar-refractivity contribution in [1.82, 2.24) is 0 Å². The second-order valence-corrected chi connectivity index (χ2v) is 2.28. The first kappa shape index (κ1) is 11.4. The van der Waals surface area contributed by atoms with Crippen LogP contribution >= 0.6 is 0 Å². The molecule has 4 nitrogen and oxygen atoms in total. The molecular weight excluding hydrogens is 160 g/mol. The van der Waals surface area contributed by atoms with Gasteiger partial charge in [-0.25, -0.2) is 4.79 Å². The summed E-state index contributed by atoms with van der Waals surface area (Å²) in [7, 11) is 0. The van der Waals surface area contributed by atoms with Crippen LogP contribution in [0, 0.1) is 0 Å². The minimum atomic E-state index is -0.232. The Morgan fingerprint density at radius 2 is 2.00 bits per heavy atom. The lowest BCUT2D eigenvalue weighted by molar-refractivity contribution is 0.0152. The van der Waals surface area contributed by atoms with E-state index >= 15 is 0 Å². The van der Waals surface area contributed by atoms with Gasteiger partial charge in [-0.2, -0.15) is 0 Å². The van der Waals surface area contributed by atoms with Gasteiger partial charge >= 0.3 is 6.47 Å². The van der Waals surface area contributed by atoms with Crippen LogP contribution in [0.3, 0.4) is 0 Å². The lowest BCUT2D eigenvalue weighted by Crippen LogP contribution is -2.17. The molecule has 0 aromatic carbocycles. The molecule has 0 aromatic rings. The monoisotopic (exact) mass is 175 g/mol. The van der Waals surface area contributed by atoms with Gasteiger partial charge in [0.2, 0.25) is 0 Å². The molecule has 1 unspecified atom stereocenters. The van der Waals surface area contributed by atoms with Gasteiger partial charge in [0.25, 0.3) is 0 Å². The Bertz CT molecular complexity index is 105. The first-order valence-corrected chi connectivity index (χ1v) is 3.99. The molecule has 1 radical (unpaired) electrons. The molecule has 71 valence electrons. The summed E-state index contributed by atoms with van der Waals surface area (Å²) in [6.45, 7) is 7.21. The topological polar surface area (TPSA) is 44.8 Å². The first-order chi connectivity index (χ1) is 5.81. The van der Waals surface area contributed by atoms with Gasteiger partial charge in [-0.3, -0.25) is 0 Å². The van der Waals surface area contributed by atoms with Gasteiger partial charge in [0.15, 0.2) is 0 Å². The van der Waals surface area contributed by atoms with E-state index in [2.05, 4.69) is 4.74 Å². The molecule has 0 heterocycles. The average Bonchev–Trinajstić information content (AvgIpc) is 2.05. The van der Waals surface area contributed by atoms with E-state index in [9.17, 15) is 4.79 Å². The second-order valence-electron chi connectivity index (χ2n) is 2.28. The molecule has 0 bridgehead atoms. The third kappa shape index (κ3) is 7.50. The third-order valence-electron chi connectivity index (χ3n) is 1.18. The lowest BCUT2D eigenvalue weighted by atomic mass is 10.4. The highest BCUT2D eigenvalue weighted by molar-refractivity contribution is 5.38. The SMILES string of the molecule is CCOCCOCC(C)O[C]=O. The highest BCUT2D eigenvalue weighted by Crippen LogP contribution is 1.89. The third-order valence-corrected chi connectivity index (χ3v) is 1.18. The van der Waals surface area contributed by atoms with Crippen LogP contribution in [-0.2, 0) is 19.0 Å². The Balaban J connectivity index is 3.02. The zero-order valence-corrected chi connectivity index (χ0v) is 7.54. The second kappa shape index (κ2) is 8.49. The fourth-order valence-electron chi connectivity index (χ4n) is 0.628. The average molecular weight is 175 g/mol. The summed E-state index contributed by atoms with van der Waals surface area (Å²) in [4.78, 5) is 9.72. The van der Waals surface area contributed by atoms with Crippen LogP contribution in [0.5, 0.6) is 0 Å². The molecule has 1 atom stereocenters. The van der Waals surface area contributed by atoms with Crippen LogP contribution in [-0.4, -0.2) is 39.0 Å². The Kier molecular flexibility index (Phi) is 8.05. The van der Waals surface area contributed by atoms with Gasteiger partial charge < -0.3 is 14.2 Å². The van der Waals surface area contributed by atoms with Crippen molar-refractivity contribution in [2.24, 2.45) is 0 Å². The minimum absolute atomic E-state index is 0.232. The van der Waals surface area contributed by atoms with Crippen molar-refractivity contribution in [3.8, 4) is 0 Å². The van der Waals surface area contributed by atoms with E-state index in [4.69, 9.17) is 9.47 Å². The van der Waals surface area contributed by atoms with Crippen molar-refractivity contribution in [2.45, 2.75) is 20.0 Å². The summed E-state index contributed by atoms with van der Waals surface area (Å²) in [5, 5.41) is 0. The Labute approximate surface area is 72.8 Å². The molecule has 0 saturated carbocycles. The number of hydrogen-bond acceptors (Lipinski definition) is 4. The zero-order valence-electron chi connectivity index (χ0n) is 7.54. The standard InChI is InChI=1S/C8H15O4/c1-3-10-4-5-11-6-8(2)12-7-9/h8H,3-6H2,1-2H3. The summed E-state index contributed by atoms with van der Waals surface area (Å²) >= 11 is 0. The Morgan fingerprint density at radius 3 is 2.58 bits per heavy atom. The molecule has 12 heavy (non-hydrogen) atoms. The van der Waals surface area contributed by atoms with Gasteiger partial charge in [0.1, 0.15) is 6.10 Å². The maximum Gasteiger partial charge on any atom is 0.417 e. The first-order valence-electron chi connectivity index (χ1n) is 3.99. The Morgan fingerprint density at radius 1 is 1.33 bits per heavy atom. The van der Waals surface area contributed by atoms with E-state index in [1.807, 2.05) is 6.92 Å². The van der Waals surface area contributed by atoms with Crippen molar-refractivity contribution in [3.63, 3.8) is 0 Å². The number of carbonyl (C=O) groups excluding carboxylic acids is 1. The number of hydrogen-bond donors (Lipinski definition) is 0. The quantitative estimate of drug-likeness (QED) is 0.504. The summed E-state index contributed by atoms with van der Waals surface area (Å²) in [6, 6.07) is 0. The molecule has 4 heteroatoms. The lowest BCUT2D eigenvalue weighted by Gasteiger charge is -2.08. The molecule has 0 rings (SSSR count). The van der Waals surface area contributed by atoms with Crippen LogP contribution in [0.2, 0.25) is 0 Å². The van der Waals surface area contributed by atoms with Crippen LogP contribution < -0.4 is 0 Å². The minimum Gasteiger partial charge on any atom is -0.452 e. The van der Waals surface area contributed by atoms with Crippen molar-refractivity contribution in [2.75, 3.05) is 26.4 Å². The van der Waals surface area contributed by atoms with Crippen LogP contribution in [0.1, 0.15) is 13.8 Å². The summed E-state index contributed by atoms with van der Waals surface area (Å²) < 4.78 is 14.6. The summed E-state index contributed by atoms with van der Waals surface area (Å²) in [6.07, 6.45) is -0.232. The maximum absolute atomic E-state index is 9.72. The molecule has 0 aliphatic heterocycles. The van der Waals surface area contributed by atoms with Crippen LogP contribution in [0.4, 0.5) is 0 Å².